The lowest BCUT2D eigenvalue weighted by atomic mass is 10.0. The third-order valence-corrected chi connectivity index (χ3v) is 3.48. The fourth-order valence-electron chi connectivity index (χ4n) is 2.66. The van der Waals surface area contributed by atoms with Crippen LogP contribution in [-0.4, -0.2) is 41.3 Å². The zero-order valence-electron chi connectivity index (χ0n) is 11.7. The molecule has 1 aromatic carbocycles. The number of aryl methyl sites for hydroxylation is 1. The van der Waals surface area contributed by atoms with E-state index < -0.39 is 5.97 Å². The van der Waals surface area contributed by atoms with Crippen LogP contribution in [0.2, 0.25) is 0 Å². The van der Waals surface area contributed by atoms with Gasteiger partial charge in [-0.1, -0.05) is 6.07 Å². The minimum atomic E-state index is -0.872. The maximum Gasteiger partial charge on any atom is 0.335 e. The molecule has 1 aromatic rings. The number of aromatic carboxylic acids is 1. The third-order valence-electron chi connectivity index (χ3n) is 3.48. The molecule has 0 radical (unpaired) electrons. The van der Waals surface area contributed by atoms with Gasteiger partial charge in [0.15, 0.2) is 0 Å². The number of rotatable bonds is 3. The zero-order valence-corrected chi connectivity index (χ0v) is 11.7. The molecule has 1 saturated heterocycles. The Morgan fingerprint density at radius 3 is 2.53 bits per heavy atom. The standard InChI is InChI=1S/C15H21NO3/c1-10-6-13(15(17)18)4-5-14(10)9-16-7-11(2)19-12(3)8-16/h4-6,11-12H,7-9H2,1-3H3,(H,17,18)/t11-,12+. The number of carbonyl (C=O) groups is 1. The summed E-state index contributed by atoms with van der Waals surface area (Å²) < 4.78 is 5.72. The maximum atomic E-state index is 10.9. The van der Waals surface area contributed by atoms with E-state index in [4.69, 9.17) is 9.84 Å². The van der Waals surface area contributed by atoms with Crippen LogP contribution in [0.3, 0.4) is 0 Å². The second-order valence-electron chi connectivity index (χ2n) is 5.40. The zero-order chi connectivity index (χ0) is 14.0. The number of benzene rings is 1. The quantitative estimate of drug-likeness (QED) is 0.909. The molecule has 104 valence electrons. The van der Waals surface area contributed by atoms with Crippen LogP contribution in [0.25, 0.3) is 0 Å². The monoisotopic (exact) mass is 263 g/mol. The third kappa shape index (κ3) is 3.55. The van der Waals surface area contributed by atoms with E-state index in [1.54, 1.807) is 12.1 Å². The first kappa shape index (κ1) is 14.0. The smallest absolute Gasteiger partial charge is 0.335 e. The summed E-state index contributed by atoms with van der Waals surface area (Å²) >= 11 is 0. The fraction of sp³-hybridized carbons (Fsp3) is 0.533. The number of ether oxygens (including phenoxy) is 1. The number of hydrogen-bond acceptors (Lipinski definition) is 3. The summed E-state index contributed by atoms with van der Waals surface area (Å²) in [6.07, 6.45) is 0.504. The molecule has 0 saturated carbocycles. The van der Waals surface area contributed by atoms with E-state index >= 15 is 0 Å². The summed E-state index contributed by atoms with van der Waals surface area (Å²) in [5, 5.41) is 8.96. The van der Waals surface area contributed by atoms with Crippen LogP contribution >= 0.6 is 0 Å². The van der Waals surface area contributed by atoms with E-state index in [2.05, 4.69) is 18.7 Å². The molecule has 0 spiro atoms. The topological polar surface area (TPSA) is 49.8 Å². The molecule has 2 rings (SSSR count). The van der Waals surface area contributed by atoms with Crippen molar-refractivity contribution in [3.63, 3.8) is 0 Å². The van der Waals surface area contributed by atoms with E-state index in [9.17, 15) is 4.79 Å². The van der Waals surface area contributed by atoms with Gasteiger partial charge in [-0.3, -0.25) is 4.90 Å². The van der Waals surface area contributed by atoms with Crippen LogP contribution < -0.4 is 0 Å². The lowest BCUT2D eigenvalue weighted by molar-refractivity contribution is -0.0705. The highest BCUT2D eigenvalue weighted by Crippen LogP contribution is 2.17. The molecule has 1 aliphatic rings. The van der Waals surface area contributed by atoms with E-state index in [1.807, 2.05) is 13.0 Å². The van der Waals surface area contributed by atoms with Crippen molar-refractivity contribution in [2.45, 2.75) is 39.5 Å². The summed E-state index contributed by atoms with van der Waals surface area (Å²) in [4.78, 5) is 13.3. The molecule has 1 heterocycles. The van der Waals surface area contributed by atoms with Gasteiger partial charge in [-0.25, -0.2) is 4.79 Å². The molecule has 2 atom stereocenters. The normalized spacial score (nSPS) is 24.4. The van der Waals surface area contributed by atoms with Gasteiger partial charge in [0.05, 0.1) is 17.8 Å². The molecule has 1 N–H and O–H groups in total. The van der Waals surface area contributed by atoms with Gasteiger partial charge >= 0.3 is 5.97 Å². The van der Waals surface area contributed by atoms with Crippen molar-refractivity contribution in [3.05, 3.63) is 34.9 Å². The van der Waals surface area contributed by atoms with Crippen molar-refractivity contribution in [1.29, 1.82) is 0 Å². The van der Waals surface area contributed by atoms with Crippen molar-refractivity contribution >= 4 is 5.97 Å². The highest BCUT2D eigenvalue weighted by Gasteiger charge is 2.22. The fourth-order valence-corrected chi connectivity index (χ4v) is 2.66. The van der Waals surface area contributed by atoms with Gasteiger partial charge in [0.25, 0.3) is 0 Å². The summed E-state index contributed by atoms with van der Waals surface area (Å²) in [6, 6.07) is 5.34. The molecule has 4 nitrogen and oxygen atoms in total. The Bertz CT molecular complexity index is 462. The SMILES string of the molecule is Cc1cc(C(=O)O)ccc1CN1C[C@@H](C)O[C@@H](C)C1. The highest BCUT2D eigenvalue weighted by atomic mass is 16.5. The van der Waals surface area contributed by atoms with E-state index in [1.165, 1.54) is 5.56 Å². The van der Waals surface area contributed by atoms with Crippen LogP contribution in [0.15, 0.2) is 18.2 Å². The Morgan fingerprint density at radius 2 is 2.00 bits per heavy atom. The summed E-state index contributed by atoms with van der Waals surface area (Å²) in [6.45, 7) is 8.83. The molecule has 1 aliphatic heterocycles. The Morgan fingerprint density at radius 1 is 1.37 bits per heavy atom. The van der Waals surface area contributed by atoms with Gasteiger partial charge in [-0.15, -0.1) is 0 Å². The number of carboxylic acid groups (broad SMARTS) is 1. The number of morpholine rings is 1. The van der Waals surface area contributed by atoms with Gasteiger partial charge in [0.2, 0.25) is 0 Å². The van der Waals surface area contributed by atoms with Crippen molar-refractivity contribution in [2.75, 3.05) is 13.1 Å². The Balaban J connectivity index is 2.08. The Hall–Kier alpha value is -1.39. The van der Waals surface area contributed by atoms with Crippen LogP contribution in [0.1, 0.15) is 35.3 Å². The van der Waals surface area contributed by atoms with Crippen molar-refractivity contribution in [3.8, 4) is 0 Å². The van der Waals surface area contributed by atoms with E-state index in [-0.39, 0.29) is 12.2 Å². The largest absolute Gasteiger partial charge is 0.478 e. The summed E-state index contributed by atoms with van der Waals surface area (Å²) in [5.74, 6) is -0.872. The van der Waals surface area contributed by atoms with Crippen molar-refractivity contribution < 1.29 is 14.6 Å². The lowest BCUT2D eigenvalue weighted by Crippen LogP contribution is -2.44. The second kappa shape index (κ2) is 5.72. The molecule has 0 bridgehead atoms. The second-order valence-corrected chi connectivity index (χ2v) is 5.40. The summed E-state index contributed by atoms with van der Waals surface area (Å²) in [7, 11) is 0. The first-order valence-corrected chi connectivity index (χ1v) is 6.66. The van der Waals surface area contributed by atoms with Crippen molar-refractivity contribution in [1.82, 2.24) is 4.90 Å². The average molecular weight is 263 g/mol. The molecule has 0 aliphatic carbocycles. The van der Waals surface area contributed by atoms with Crippen LogP contribution in [0, 0.1) is 6.92 Å². The van der Waals surface area contributed by atoms with Gasteiger partial charge in [0.1, 0.15) is 0 Å². The molecule has 0 aromatic heterocycles. The maximum absolute atomic E-state index is 10.9. The predicted molar refractivity (Wildman–Crippen MR) is 73.4 cm³/mol. The number of carboxylic acids is 1. The molecule has 0 unspecified atom stereocenters. The van der Waals surface area contributed by atoms with Gasteiger partial charge < -0.3 is 9.84 Å². The Labute approximate surface area is 114 Å². The predicted octanol–water partition coefficient (Wildman–Crippen LogP) is 2.30. The highest BCUT2D eigenvalue weighted by molar-refractivity contribution is 5.87. The average Bonchev–Trinajstić information content (AvgIpc) is 2.30. The van der Waals surface area contributed by atoms with E-state index in [0.717, 1.165) is 25.2 Å². The van der Waals surface area contributed by atoms with Crippen LogP contribution in [-0.2, 0) is 11.3 Å². The minimum absolute atomic E-state index is 0.252. The Kier molecular flexibility index (Phi) is 4.22. The van der Waals surface area contributed by atoms with Gasteiger partial charge in [0, 0.05) is 19.6 Å². The van der Waals surface area contributed by atoms with Crippen LogP contribution in [0.5, 0.6) is 0 Å². The molecule has 1 fully saturated rings. The molecular formula is C15H21NO3. The molecule has 0 amide bonds. The van der Waals surface area contributed by atoms with Crippen LogP contribution in [0.4, 0.5) is 0 Å². The first-order chi connectivity index (χ1) is 8.95. The first-order valence-electron chi connectivity index (χ1n) is 6.66. The minimum Gasteiger partial charge on any atom is -0.478 e. The van der Waals surface area contributed by atoms with E-state index in [0.29, 0.717) is 5.56 Å². The molecule has 4 heteroatoms. The van der Waals surface area contributed by atoms with Gasteiger partial charge in [-0.2, -0.15) is 0 Å². The molecular weight excluding hydrogens is 242 g/mol. The van der Waals surface area contributed by atoms with Crippen molar-refractivity contribution in [2.24, 2.45) is 0 Å². The van der Waals surface area contributed by atoms with Gasteiger partial charge in [-0.05, 0) is 44.0 Å². The number of nitrogens with zero attached hydrogens (tertiary/aromatic N) is 1. The lowest BCUT2D eigenvalue weighted by Gasteiger charge is -2.35. The summed E-state index contributed by atoms with van der Waals surface area (Å²) in [5.41, 5.74) is 2.57. The number of hydrogen-bond donors (Lipinski definition) is 1. The molecule has 19 heavy (non-hydrogen) atoms.